The van der Waals surface area contributed by atoms with Crippen LogP contribution in [0.1, 0.15) is 99.8 Å². The molecule has 0 radical (unpaired) electrons. The molecule has 9 atom stereocenters. The van der Waals surface area contributed by atoms with Gasteiger partial charge in [-0.3, -0.25) is 14.4 Å². The summed E-state index contributed by atoms with van der Waals surface area (Å²) in [5, 5.41) is 12.3. The van der Waals surface area contributed by atoms with Crippen molar-refractivity contribution < 1.29 is 23.2 Å². The number of amides is 1. The zero-order valence-electron chi connectivity index (χ0n) is 25.9. The molecule has 5 aliphatic carbocycles. The van der Waals surface area contributed by atoms with Crippen molar-refractivity contribution in [3.05, 3.63) is 11.6 Å². The van der Waals surface area contributed by atoms with Crippen LogP contribution in [0.5, 0.6) is 0 Å². The minimum atomic E-state index is -2.57. The van der Waals surface area contributed by atoms with Gasteiger partial charge < -0.3 is 5.32 Å². The van der Waals surface area contributed by atoms with Crippen molar-refractivity contribution in [3.8, 4) is 6.07 Å². The Balaban J connectivity index is 1.51. The molecule has 7 heteroatoms. The van der Waals surface area contributed by atoms with Gasteiger partial charge in [-0.2, -0.15) is 5.26 Å². The summed E-state index contributed by atoms with van der Waals surface area (Å²) in [4.78, 5) is 40.4. The number of nitrogens with zero attached hydrogens (tertiary/aromatic N) is 1. The standard InChI is InChI=1S/C34H48F2N2O3/c1-30(2)14-19(12-27(40)38-18-26(35)36)21-8-10-34(7)28(22(21)16-30)23(39)13-25-32(5)15-20(17-37)29(41)31(3,4)24(32)9-11-33(25,34)6/h15,19,21-22,24-26,28H,8-14,16,18H2,1-7H3,(H,38,40)/t19-,21-,22+,24+,25-,28+,32+,33-,34-/m1/s1. The fourth-order valence-corrected chi connectivity index (χ4v) is 11.6. The molecule has 0 bridgehead atoms. The van der Waals surface area contributed by atoms with Crippen LogP contribution in [-0.2, 0) is 14.4 Å². The number of rotatable bonds is 4. The highest BCUT2D eigenvalue weighted by molar-refractivity contribution is 6.04. The van der Waals surface area contributed by atoms with Gasteiger partial charge in [-0.1, -0.05) is 54.5 Å². The van der Waals surface area contributed by atoms with Crippen LogP contribution < -0.4 is 5.32 Å². The molecule has 226 valence electrons. The van der Waals surface area contributed by atoms with Gasteiger partial charge in [-0.15, -0.1) is 0 Å². The van der Waals surface area contributed by atoms with Crippen LogP contribution in [0.15, 0.2) is 11.6 Å². The number of hydrogen-bond acceptors (Lipinski definition) is 4. The van der Waals surface area contributed by atoms with Gasteiger partial charge in [0.25, 0.3) is 6.43 Å². The molecular formula is C34H48F2N2O3. The Labute approximate surface area is 244 Å². The largest absolute Gasteiger partial charge is 0.350 e. The summed E-state index contributed by atoms with van der Waals surface area (Å²) in [5.41, 5.74) is -1.26. The summed E-state index contributed by atoms with van der Waals surface area (Å²) in [6, 6.07) is 2.19. The predicted octanol–water partition coefficient (Wildman–Crippen LogP) is 6.91. The Morgan fingerprint density at radius 2 is 1.66 bits per heavy atom. The second-order valence-electron chi connectivity index (χ2n) is 16.3. The molecule has 0 heterocycles. The highest BCUT2D eigenvalue weighted by atomic mass is 19.3. The number of fused-ring (bicyclic) bond motifs is 7. The van der Waals surface area contributed by atoms with Crippen LogP contribution in [-0.4, -0.2) is 30.4 Å². The van der Waals surface area contributed by atoms with E-state index in [0.717, 1.165) is 38.5 Å². The van der Waals surface area contributed by atoms with Crippen LogP contribution in [0.3, 0.4) is 0 Å². The Bertz CT molecular complexity index is 1220. The Kier molecular flexibility index (Phi) is 7.19. The van der Waals surface area contributed by atoms with Gasteiger partial charge in [0.05, 0.1) is 12.1 Å². The predicted molar refractivity (Wildman–Crippen MR) is 152 cm³/mol. The lowest BCUT2D eigenvalue weighted by molar-refractivity contribution is -0.214. The summed E-state index contributed by atoms with van der Waals surface area (Å²) in [7, 11) is 0. The third-order valence-corrected chi connectivity index (χ3v) is 13.3. The highest BCUT2D eigenvalue weighted by Crippen LogP contribution is 2.74. The van der Waals surface area contributed by atoms with Crippen molar-refractivity contribution >= 4 is 17.5 Å². The number of nitriles is 1. The molecule has 1 N–H and O–H groups in total. The van der Waals surface area contributed by atoms with Gasteiger partial charge >= 0.3 is 0 Å². The first kappa shape index (κ1) is 30.4. The number of alkyl halides is 2. The van der Waals surface area contributed by atoms with E-state index in [9.17, 15) is 28.4 Å². The second kappa shape index (κ2) is 9.71. The lowest BCUT2D eigenvalue weighted by Crippen LogP contribution is -2.67. The molecule has 0 spiro atoms. The molecule has 5 aliphatic rings. The maximum absolute atomic E-state index is 14.5. The molecule has 41 heavy (non-hydrogen) atoms. The van der Waals surface area contributed by atoms with E-state index < -0.39 is 23.8 Å². The molecule has 0 aliphatic heterocycles. The Hall–Kier alpha value is -2.10. The summed E-state index contributed by atoms with van der Waals surface area (Å²) < 4.78 is 25.5. The monoisotopic (exact) mass is 570 g/mol. The van der Waals surface area contributed by atoms with E-state index in [1.54, 1.807) is 0 Å². The molecule has 5 rings (SSSR count). The van der Waals surface area contributed by atoms with Crippen LogP contribution >= 0.6 is 0 Å². The Morgan fingerprint density at radius 1 is 1.00 bits per heavy atom. The zero-order chi connectivity index (χ0) is 30.3. The molecule has 0 aromatic heterocycles. The number of nitrogens with one attached hydrogen (secondary N) is 1. The van der Waals surface area contributed by atoms with E-state index in [0.29, 0.717) is 12.2 Å². The van der Waals surface area contributed by atoms with Gasteiger partial charge in [-0.05, 0) is 89.8 Å². The van der Waals surface area contributed by atoms with Crippen molar-refractivity contribution in [1.29, 1.82) is 5.26 Å². The summed E-state index contributed by atoms with van der Waals surface area (Å²) >= 11 is 0. The smallest absolute Gasteiger partial charge is 0.255 e. The number of carbonyl (C=O) groups excluding carboxylic acids is 3. The normalized spacial score (nSPS) is 44.5. The second-order valence-corrected chi connectivity index (χ2v) is 16.3. The fraction of sp³-hybridized carbons (Fsp3) is 0.824. The van der Waals surface area contributed by atoms with Gasteiger partial charge in [0.2, 0.25) is 5.91 Å². The quantitative estimate of drug-likeness (QED) is 0.398. The van der Waals surface area contributed by atoms with Crippen LogP contribution in [0.2, 0.25) is 0 Å². The first-order valence-electron chi connectivity index (χ1n) is 15.7. The number of allylic oxidation sites excluding steroid dienone is 2. The summed E-state index contributed by atoms with van der Waals surface area (Å²) in [5.74, 6) is 0.381. The van der Waals surface area contributed by atoms with Crippen LogP contribution in [0.25, 0.3) is 0 Å². The third-order valence-electron chi connectivity index (χ3n) is 13.3. The molecular weight excluding hydrogens is 522 g/mol. The van der Waals surface area contributed by atoms with Gasteiger partial charge in [0, 0.05) is 24.2 Å². The zero-order valence-corrected chi connectivity index (χ0v) is 25.9. The van der Waals surface area contributed by atoms with Crippen LogP contribution in [0.4, 0.5) is 8.78 Å². The first-order valence-corrected chi connectivity index (χ1v) is 15.7. The molecule has 0 unspecified atom stereocenters. The molecule has 5 nitrogen and oxygen atoms in total. The number of carbonyl (C=O) groups is 3. The lowest BCUT2D eigenvalue weighted by Gasteiger charge is -2.71. The lowest BCUT2D eigenvalue weighted by atomic mass is 9.32. The minimum Gasteiger partial charge on any atom is -0.350 e. The van der Waals surface area contributed by atoms with E-state index in [1.165, 1.54) is 0 Å². The van der Waals surface area contributed by atoms with Gasteiger partial charge in [0.15, 0.2) is 5.78 Å². The van der Waals surface area contributed by atoms with E-state index in [2.05, 4.69) is 46.0 Å². The maximum Gasteiger partial charge on any atom is 0.255 e. The minimum absolute atomic E-state index is 0.0438. The van der Waals surface area contributed by atoms with E-state index in [4.69, 9.17) is 0 Å². The van der Waals surface area contributed by atoms with E-state index >= 15 is 0 Å². The maximum atomic E-state index is 14.5. The number of Topliss-reactive ketones (excluding diaryl/α,β-unsaturated/α-hetero) is 2. The van der Waals surface area contributed by atoms with Crippen LogP contribution in [0, 0.1) is 73.9 Å². The summed E-state index contributed by atoms with van der Waals surface area (Å²) in [6.45, 7) is 14.7. The fourth-order valence-electron chi connectivity index (χ4n) is 11.6. The van der Waals surface area contributed by atoms with Crippen molar-refractivity contribution in [3.63, 3.8) is 0 Å². The van der Waals surface area contributed by atoms with E-state index in [1.807, 2.05) is 19.9 Å². The molecule has 1 amide bonds. The molecule has 0 aromatic carbocycles. The average molecular weight is 571 g/mol. The van der Waals surface area contributed by atoms with Gasteiger partial charge in [0.1, 0.15) is 11.9 Å². The van der Waals surface area contributed by atoms with Crippen molar-refractivity contribution in [2.45, 2.75) is 106 Å². The Morgan fingerprint density at radius 3 is 2.29 bits per heavy atom. The highest BCUT2D eigenvalue weighted by Gasteiger charge is 2.71. The third kappa shape index (κ3) is 4.44. The van der Waals surface area contributed by atoms with Crippen molar-refractivity contribution in [1.82, 2.24) is 5.32 Å². The number of halogens is 2. The SMILES string of the molecule is CC1(C)C[C@@H](CC(=O)NCC(F)F)[C@H]2CC[C@]3(C)[C@H](C(=O)C[C@@H]4[C@@]5(C)C=C(C#N)C(=O)C(C)(C)[C@@H]5CC[C@]43C)[C@H]2C1. The van der Waals surface area contributed by atoms with E-state index in [-0.39, 0.29) is 75.4 Å². The van der Waals surface area contributed by atoms with Crippen molar-refractivity contribution in [2.24, 2.45) is 62.6 Å². The molecule has 4 fully saturated rings. The topological polar surface area (TPSA) is 87.0 Å². The first-order chi connectivity index (χ1) is 18.9. The van der Waals surface area contributed by atoms with Gasteiger partial charge in [-0.25, -0.2) is 8.78 Å². The molecule has 4 saturated carbocycles. The van der Waals surface area contributed by atoms with Crippen molar-refractivity contribution in [2.75, 3.05) is 6.54 Å². The number of ketones is 2. The molecule has 0 saturated heterocycles. The average Bonchev–Trinajstić information content (AvgIpc) is 2.85. The molecule has 0 aromatic rings. The summed E-state index contributed by atoms with van der Waals surface area (Å²) in [6.07, 6.45) is 5.51. The number of hydrogen-bond donors (Lipinski definition) is 1.